The maximum absolute atomic E-state index is 4.37. The van der Waals surface area contributed by atoms with Crippen LogP contribution in [0.1, 0.15) is 49.9 Å². The Labute approximate surface area is 162 Å². The zero-order valence-corrected chi connectivity index (χ0v) is 16.4. The quantitative estimate of drug-likeness (QED) is 0.520. The normalized spacial score (nSPS) is 17.5. The first kappa shape index (κ1) is 19.4. The van der Waals surface area contributed by atoms with Gasteiger partial charge < -0.3 is 16.0 Å². The molecule has 5 nitrogen and oxygen atoms in total. The molecule has 0 bridgehead atoms. The van der Waals surface area contributed by atoms with Gasteiger partial charge in [-0.2, -0.15) is 0 Å². The van der Waals surface area contributed by atoms with Crippen LogP contribution in [0.4, 0.5) is 0 Å². The van der Waals surface area contributed by atoms with E-state index in [9.17, 15) is 0 Å². The van der Waals surface area contributed by atoms with E-state index in [0.29, 0.717) is 12.6 Å². The van der Waals surface area contributed by atoms with Gasteiger partial charge in [-0.25, -0.2) is 0 Å². The summed E-state index contributed by atoms with van der Waals surface area (Å²) < 4.78 is 0. The van der Waals surface area contributed by atoms with Gasteiger partial charge in [-0.05, 0) is 37.5 Å². The van der Waals surface area contributed by atoms with Gasteiger partial charge in [0.15, 0.2) is 5.96 Å². The lowest BCUT2D eigenvalue weighted by Gasteiger charge is -2.35. The summed E-state index contributed by atoms with van der Waals surface area (Å²) in [7, 11) is 1.81. The number of pyridine rings is 1. The van der Waals surface area contributed by atoms with Gasteiger partial charge >= 0.3 is 0 Å². The van der Waals surface area contributed by atoms with E-state index in [1.54, 1.807) is 0 Å². The van der Waals surface area contributed by atoms with Crippen LogP contribution in [-0.2, 0) is 6.54 Å². The van der Waals surface area contributed by atoms with Crippen molar-refractivity contribution in [3.63, 3.8) is 0 Å². The molecule has 0 spiro atoms. The molecule has 1 aromatic carbocycles. The van der Waals surface area contributed by atoms with Crippen LogP contribution in [0.2, 0.25) is 0 Å². The van der Waals surface area contributed by atoms with E-state index < -0.39 is 0 Å². The number of hydrogen-bond donors (Lipinski definition) is 3. The molecule has 0 saturated heterocycles. The van der Waals surface area contributed by atoms with Crippen molar-refractivity contribution >= 4 is 5.96 Å². The Kier molecular flexibility index (Phi) is 6.82. The van der Waals surface area contributed by atoms with Gasteiger partial charge in [-0.15, -0.1) is 0 Å². The van der Waals surface area contributed by atoms with E-state index in [4.69, 9.17) is 0 Å². The van der Waals surface area contributed by atoms with Crippen LogP contribution in [0.5, 0.6) is 0 Å². The molecule has 0 aliphatic heterocycles. The molecule has 1 aliphatic rings. The Balaban J connectivity index is 1.56. The molecule has 0 amide bonds. The topological polar surface area (TPSA) is 61.3 Å². The second-order valence-electron chi connectivity index (χ2n) is 7.36. The first-order valence-corrected chi connectivity index (χ1v) is 9.88. The Morgan fingerprint density at radius 1 is 1.07 bits per heavy atom. The molecule has 3 rings (SSSR count). The van der Waals surface area contributed by atoms with Crippen LogP contribution in [0.15, 0.2) is 59.7 Å². The lowest BCUT2D eigenvalue weighted by atomic mass is 9.94. The molecule has 27 heavy (non-hydrogen) atoms. The summed E-state index contributed by atoms with van der Waals surface area (Å²) in [5, 5.41) is 10.8. The number of benzene rings is 1. The highest BCUT2D eigenvalue weighted by molar-refractivity contribution is 5.79. The molecule has 1 fully saturated rings. The van der Waals surface area contributed by atoms with Gasteiger partial charge in [0.2, 0.25) is 0 Å². The average molecular weight is 366 g/mol. The van der Waals surface area contributed by atoms with E-state index >= 15 is 0 Å². The van der Waals surface area contributed by atoms with Gasteiger partial charge in [-0.3, -0.25) is 9.98 Å². The van der Waals surface area contributed by atoms with Crippen molar-refractivity contribution < 1.29 is 0 Å². The van der Waals surface area contributed by atoms with Crippen molar-refractivity contribution in [2.45, 2.75) is 50.7 Å². The molecule has 5 heteroatoms. The monoisotopic (exact) mass is 365 g/mol. The second-order valence-corrected chi connectivity index (χ2v) is 7.36. The summed E-state index contributed by atoms with van der Waals surface area (Å²) in [5.41, 5.74) is 2.45. The van der Waals surface area contributed by atoms with E-state index in [2.05, 4.69) is 63.2 Å². The SMILES string of the molecule is CN=C(NCc1ccccn1)NCC1(NC(C)c2ccccc2)CCCC1. The summed E-state index contributed by atoms with van der Waals surface area (Å²) >= 11 is 0. The molecule has 144 valence electrons. The minimum absolute atomic E-state index is 0.109. The third-order valence-corrected chi connectivity index (χ3v) is 5.36. The van der Waals surface area contributed by atoms with Crippen molar-refractivity contribution in [3.8, 4) is 0 Å². The number of nitrogens with one attached hydrogen (secondary N) is 3. The number of guanidine groups is 1. The van der Waals surface area contributed by atoms with Crippen LogP contribution >= 0.6 is 0 Å². The fourth-order valence-electron chi connectivity index (χ4n) is 3.86. The zero-order valence-electron chi connectivity index (χ0n) is 16.4. The van der Waals surface area contributed by atoms with Crippen molar-refractivity contribution in [1.29, 1.82) is 0 Å². The molecule has 1 heterocycles. The Morgan fingerprint density at radius 3 is 2.48 bits per heavy atom. The molecule has 2 aromatic rings. The lowest BCUT2D eigenvalue weighted by molar-refractivity contribution is 0.297. The smallest absolute Gasteiger partial charge is 0.191 e. The fourth-order valence-corrected chi connectivity index (χ4v) is 3.86. The molecule has 0 radical (unpaired) electrons. The Morgan fingerprint density at radius 2 is 1.81 bits per heavy atom. The van der Waals surface area contributed by atoms with Crippen molar-refractivity contribution in [3.05, 3.63) is 66.0 Å². The first-order chi connectivity index (χ1) is 13.2. The molecule has 1 unspecified atom stereocenters. The standard InChI is InChI=1S/C22H31N5/c1-18(19-10-4-3-5-11-19)27-22(13-7-8-14-22)17-26-21(23-2)25-16-20-12-6-9-15-24-20/h3-6,9-12,15,18,27H,7-8,13-14,16-17H2,1-2H3,(H2,23,25,26). The number of aliphatic imine (C=N–C) groups is 1. The van der Waals surface area contributed by atoms with E-state index in [-0.39, 0.29) is 5.54 Å². The highest BCUT2D eigenvalue weighted by Gasteiger charge is 2.35. The third kappa shape index (κ3) is 5.54. The zero-order chi connectivity index (χ0) is 19.0. The number of rotatable bonds is 7. The van der Waals surface area contributed by atoms with Crippen LogP contribution in [0.25, 0.3) is 0 Å². The minimum atomic E-state index is 0.109. The van der Waals surface area contributed by atoms with E-state index in [1.807, 2.05) is 31.4 Å². The van der Waals surface area contributed by atoms with Crippen molar-refractivity contribution in [1.82, 2.24) is 20.9 Å². The summed E-state index contributed by atoms with van der Waals surface area (Å²) in [6.07, 6.45) is 6.74. The van der Waals surface area contributed by atoms with Crippen molar-refractivity contribution in [2.24, 2.45) is 4.99 Å². The maximum Gasteiger partial charge on any atom is 0.191 e. The fraction of sp³-hybridized carbons (Fsp3) is 0.455. The number of hydrogen-bond acceptors (Lipinski definition) is 3. The summed E-state index contributed by atoms with van der Waals surface area (Å²) in [6, 6.07) is 17.0. The highest BCUT2D eigenvalue weighted by Crippen LogP contribution is 2.31. The average Bonchev–Trinajstić information content (AvgIpc) is 3.18. The molecular formula is C22H31N5. The predicted octanol–water partition coefficient (Wildman–Crippen LogP) is 3.41. The van der Waals surface area contributed by atoms with E-state index in [0.717, 1.165) is 18.2 Å². The second kappa shape index (κ2) is 9.51. The van der Waals surface area contributed by atoms with E-state index in [1.165, 1.54) is 31.2 Å². The molecule has 1 atom stereocenters. The molecular weight excluding hydrogens is 334 g/mol. The van der Waals surface area contributed by atoms with Crippen molar-refractivity contribution in [2.75, 3.05) is 13.6 Å². The van der Waals surface area contributed by atoms with Crippen LogP contribution < -0.4 is 16.0 Å². The molecule has 1 aliphatic carbocycles. The van der Waals surface area contributed by atoms with Crippen LogP contribution in [-0.4, -0.2) is 30.1 Å². The Hall–Kier alpha value is -2.40. The van der Waals surface area contributed by atoms with Gasteiger partial charge in [0.1, 0.15) is 0 Å². The Bertz CT molecular complexity index is 708. The predicted molar refractivity (Wildman–Crippen MR) is 112 cm³/mol. The molecule has 1 aromatic heterocycles. The van der Waals surface area contributed by atoms with Gasteiger partial charge in [0, 0.05) is 31.4 Å². The minimum Gasteiger partial charge on any atom is -0.355 e. The lowest BCUT2D eigenvalue weighted by Crippen LogP contribution is -2.54. The van der Waals surface area contributed by atoms with Crippen LogP contribution in [0.3, 0.4) is 0 Å². The third-order valence-electron chi connectivity index (χ3n) is 5.36. The van der Waals surface area contributed by atoms with Gasteiger partial charge in [0.05, 0.1) is 12.2 Å². The summed E-state index contributed by atoms with van der Waals surface area (Å²) in [5.74, 6) is 0.820. The maximum atomic E-state index is 4.37. The molecule has 1 saturated carbocycles. The largest absolute Gasteiger partial charge is 0.355 e. The summed E-state index contributed by atoms with van der Waals surface area (Å²) in [6.45, 7) is 3.79. The molecule has 3 N–H and O–H groups in total. The first-order valence-electron chi connectivity index (χ1n) is 9.88. The van der Waals surface area contributed by atoms with Crippen LogP contribution in [0, 0.1) is 0 Å². The number of aromatic nitrogens is 1. The number of nitrogens with zero attached hydrogens (tertiary/aromatic N) is 2. The highest BCUT2D eigenvalue weighted by atomic mass is 15.2. The summed E-state index contributed by atoms with van der Waals surface area (Å²) in [4.78, 5) is 8.72. The van der Waals surface area contributed by atoms with Gasteiger partial charge in [0.25, 0.3) is 0 Å². The van der Waals surface area contributed by atoms with Gasteiger partial charge in [-0.1, -0.05) is 49.2 Å².